The normalized spacial score (nSPS) is 19.8. The maximum absolute atomic E-state index is 11.1. The Balaban J connectivity index is 1.75. The summed E-state index contributed by atoms with van der Waals surface area (Å²) in [4.78, 5) is 3.00. The van der Waals surface area contributed by atoms with Gasteiger partial charge in [0.2, 0.25) is 0 Å². The summed E-state index contributed by atoms with van der Waals surface area (Å²) in [5, 5.41) is 1.63. The third kappa shape index (κ3) is 4.59. The van der Waals surface area contributed by atoms with E-state index in [2.05, 4.69) is 44.2 Å². The molecule has 1 atom stereocenters. The monoisotopic (exact) mass is 446 g/mol. The van der Waals surface area contributed by atoms with Gasteiger partial charge in [0.15, 0.2) is 0 Å². The first kappa shape index (κ1) is 20.6. The van der Waals surface area contributed by atoms with Crippen LogP contribution < -0.4 is 14.0 Å². The van der Waals surface area contributed by atoms with Crippen molar-refractivity contribution < 1.29 is 28.0 Å². The van der Waals surface area contributed by atoms with E-state index in [4.69, 9.17) is 3.74 Å². The molecule has 0 saturated heterocycles. The summed E-state index contributed by atoms with van der Waals surface area (Å²) in [6.45, 7) is 6.17. The molecule has 2 heterocycles. The number of aryl methyl sites for hydroxylation is 2. The summed E-state index contributed by atoms with van der Waals surface area (Å²) in [5.74, 6) is 0. The number of fused-ring (bicyclic) bond motifs is 2. The van der Waals surface area contributed by atoms with E-state index < -0.39 is 21.0 Å². The molecular weight excluding hydrogens is 428 g/mol. The van der Waals surface area contributed by atoms with Crippen LogP contribution in [-0.2, 0) is 3.74 Å². The summed E-state index contributed by atoms with van der Waals surface area (Å²) in [5.41, 5.74) is 6.57. The van der Waals surface area contributed by atoms with Crippen molar-refractivity contribution in [1.82, 2.24) is 0 Å². The average Bonchev–Trinajstić information content (AvgIpc) is 2.63. The quantitative estimate of drug-likeness (QED) is 0.677. The van der Waals surface area contributed by atoms with Crippen molar-refractivity contribution in [3.05, 3.63) is 81.8 Å². The standard InChI is InChI=1S/C22H19ClO4S2/c1-14-4-6-21-19(10-14)16(3)12-18(28-21)13-17-8-9-29(27-23(24,25)26)22-7-5-15(2)11-20(17)22/h4-13H,1-3H3/b18-13-. The first-order valence-corrected chi connectivity index (χ1v) is 12.1. The molecule has 2 aliphatic rings. The summed E-state index contributed by atoms with van der Waals surface area (Å²) < 4.78 is 38.0. The highest BCUT2D eigenvalue weighted by Gasteiger charge is 2.27. The lowest BCUT2D eigenvalue weighted by Gasteiger charge is -2.20. The third-order valence-corrected chi connectivity index (χ3v) is 8.00. The predicted octanol–water partition coefficient (Wildman–Crippen LogP) is 3.05. The minimum atomic E-state index is -4.50. The molecule has 0 bridgehead atoms. The third-order valence-electron chi connectivity index (χ3n) is 4.62. The molecule has 0 aliphatic carbocycles. The first-order chi connectivity index (χ1) is 13.7. The zero-order valence-electron chi connectivity index (χ0n) is 16.1. The fourth-order valence-electron chi connectivity index (χ4n) is 3.32. The Bertz CT molecular complexity index is 1120. The molecule has 1 unspecified atom stereocenters. The number of hydrogen-bond acceptors (Lipinski definition) is 5. The van der Waals surface area contributed by atoms with Crippen LogP contribution in [0.5, 0.6) is 0 Å². The smallest absolute Gasteiger partial charge is 0.141 e. The molecule has 4 nitrogen and oxygen atoms in total. The summed E-state index contributed by atoms with van der Waals surface area (Å²) in [7, 11) is -5.74. The van der Waals surface area contributed by atoms with Crippen LogP contribution in [0.25, 0.3) is 11.1 Å². The van der Waals surface area contributed by atoms with E-state index in [1.807, 2.05) is 31.2 Å². The van der Waals surface area contributed by atoms with Gasteiger partial charge < -0.3 is 0 Å². The van der Waals surface area contributed by atoms with Gasteiger partial charge >= 0.3 is 0 Å². The van der Waals surface area contributed by atoms with E-state index in [1.165, 1.54) is 21.6 Å². The summed E-state index contributed by atoms with van der Waals surface area (Å²) in [6, 6.07) is 12.2. The maximum atomic E-state index is 11.1. The predicted molar refractivity (Wildman–Crippen MR) is 111 cm³/mol. The molecule has 2 aromatic carbocycles. The second-order valence-electron chi connectivity index (χ2n) is 6.97. The molecule has 0 radical (unpaired) electrons. The van der Waals surface area contributed by atoms with Gasteiger partial charge in [-0.1, -0.05) is 47.2 Å². The van der Waals surface area contributed by atoms with Crippen molar-refractivity contribution in [1.29, 1.82) is 0 Å². The summed E-state index contributed by atoms with van der Waals surface area (Å²) >= 11 is 1.71. The van der Waals surface area contributed by atoms with E-state index in [0.717, 1.165) is 21.6 Å². The van der Waals surface area contributed by atoms with Gasteiger partial charge in [0.25, 0.3) is 0 Å². The Morgan fingerprint density at radius 2 is 1.66 bits per heavy atom. The van der Waals surface area contributed by atoms with Crippen LogP contribution >= 0.6 is 22.5 Å². The first-order valence-electron chi connectivity index (χ1n) is 8.88. The molecule has 29 heavy (non-hydrogen) atoms. The van der Waals surface area contributed by atoms with Crippen molar-refractivity contribution in [2.75, 3.05) is 0 Å². The zero-order valence-corrected chi connectivity index (χ0v) is 18.5. The second-order valence-corrected chi connectivity index (χ2v) is 10.7. The topological polar surface area (TPSA) is 78.4 Å². The minimum Gasteiger partial charge on any atom is -0.182 e. The molecule has 0 fully saturated rings. The summed E-state index contributed by atoms with van der Waals surface area (Å²) in [6.07, 6.45) is 6.08. The van der Waals surface area contributed by atoms with Gasteiger partial charge in [0.05, 0.1) is 15.1 Å². The van der Waals surface area contributed by atoms with Gasteiger partial charge in [-0.05, 0) is 73.4 Å². The van der Waals surface area contributed by atoms with Crippen LogP contribution in [-0.4, -0.2) is 5.37 Å². The van der Waals surface area contributed by atoms with Crippen LogP contribution in [0.2, 0.25) is 0 Å². The van der Waals surface area contributed by atoms with E-state index in [1.54, 1.807) is 17.1 Å². The SMILES string of the molecule is CC1=C/C(=C/C2=CC=S(O[Cl+3]([O-])([O-])[O-])c3ccc(C)cc32)Sc2ccc(C)cc21. The van der Waals surface area contributed by atoms with Crippen LogP contribution in [0.4, 0.5) is 0 Å². The number of hydrogen-bond donors (Lipinski definition) is 0. The van der Waals surface area contributed by atoms with Gasteiger partial charge in [0, 0.05) is 15.2 Å². The Morgan fingerprint density at radius 3 is 2.38 bits per heavy atom. The number of allylic oxidation sites excluding steroid dienone is 5. The van der Waals surface area contributed by atoms with Crippen LogP contribution in [0, 0.1) is 24.1 Å². The van der Waals surface area contributed by atoms with Crippen LogP contribution in [0.1, 0.15) is 29.2 Å². The highest BCUT2D eigenvalue weighted by atomic mass is 35.7. The van der Waals surface area contributed by atoms with Gasteiger partial charge in [0.1, 0.15) is 14.5 Å². The van der Waals surface area contributed by atoms with Crippen molar-refractivity contribution in [3.8, 4) is 0 Å². The lowest BCUT2D eigenvalue weighted by Crippen LogP contribution is -2.60. The highest BCUT2D eigenvalue weighted by Crippen LogP contribution is 2.44. The average molecular weight is 447 g/mol. The van der Waals surface area contributed by atoms with Gasteiger partial charge in [-0.3, -0.25) is 0 Å². The molecule has 0 amide bonds. The van der Waals surface area contributed by atoms with Crippen molar-refractivity contribution in [2.24, 2.45) is 0 Å². The number of halogens is 1. The number of benzene rings is 2. The van der Waals surface area contributed by atoms with Crippen molar-refractivity contribution in [2.45, 2.75) is 30.6 Å². The molecule has 150 valence electrons. The molecule has 4 rings (SSSR count). The maximum Gasteiger partial charge on any atom is 0.141 e. The van der Waals surface area contributed by atoms with Gasteiger partial charge in [-0.15, -0.1) is 0 Å². The molecule has 0 spiro atoms. The van der Waals surface area contributed by atoms with E-state index in [-0.39, 0.29) is 0 Å². The second kappa shape index (κ2) is 7.89. The Labute approximate surface area is 179 Å². The van der Waals surface area contributed by atoms with Gasteiger partial charge in [-0.25, -0.2) is 0 Å². The molecule has 0 N–H and O–H groups in total. The van der Waals surface area contributed by atoms with Gasteiger partial charge in [-0.2, -0.15) is 14.0 Å². The van der Waals surface area contributed by atoms with E-state index >= 15 is 0 Å². The Morgan fingerprint density at radius 1 is 0.966 bits per heavy atom. The fourth-order valence-corrected chi connectivity index (χ4v) is 6.58. The lowest BCUT2D eigenvalue weighted by molar-refractivity contribution is -1.91. The lowest BCUT2D eigenvalue weighted by atomic mass is 10.0. The molecule has 7 heteroatoms. The number of rotatable bonds is 3. The Hall–Kier alpha value is -1.64. The van der Waals surface area contributed by atoms with Crippen LogP contribution in [0.3, 0.4) is 0 Å². The van der Waals surface area contributed by atoms with Crippen molar-refractivity contribution >= 4 is 39.0 Å². The largest absolute Gasteiger partial charge is 0.182 e. The molecular formula is C22H19ClO4S2. The molecule has 2 aliphatic heterocycles. The Kier molecular flexibility index (Phi) is 5.61. The van der Waals surface area contributed by atoms with Crippen molar-refractivity contribution in [3.63, 3.8) is 0 Å². The fraction of sp³-hybridized carbons (Fsp3) is 0.136. The molecule has 0 aromatic heterocycles. The molecule has 0 saturated carbocycles. The number of thioether (sulfide) groups is 1. The highest BCUT2D eigenvalue weighted by molar-refractivity contribution is 8.11. The molecule has 2 aromatic rings. The van der Waals surface area contributed by atoms with E-state index in [9.17, 15) is 14.0 Å². The minimum absolute atomic E-state index is 0.689. The zero-order chi connectivity index (χ0) is 20.8. The van der Waals surface area contributed by atoms with E-state index in [0.29, 0.717) is 4.90 Å². The van der Waals surface area contributed by atoms with Crippen LogP contribution in [0.15, 0.2) is 69.3 Å².